The molecule has 164 valence electrons. The van der Waals surface area contributed by atoms with E-state index in [0.717, 1.165) is 0 Å². The first-order valence-electron chi connectivity index (χ1n) is 7.34. The quantitative estimate of drug-likeness (QED) is 0.361. The van der Waals surface area contributed by atoms with Gasteiger partial charge in [0.2, 0.25) is 0 Å². The molecule has 2 atom stereocenters. The maximum absolute atomic E-state index is 13.6. The van der Waals surface area contributed by atoms with Crippen LogP contribution in [-0.2, 0) is 0 Å². The number of rotatable bonds is 8. The van der Waals surface area contributed by atoms with Crippen LogP contribution in [0.15, 0.2) is 0 Å². The molecule has 0 aromatic rings. The summed E-state index contributed by atoms with van der Waals surface area (Å²) in [5.41, 5.74) is -6.32. The number of aliphatic hydroxyl groups excluding tert-OH is 1. The lowest BCUT2D eigenvalue weighted by molar-refractivity contribution is -0.353. The first-order chi connectivity index (χ1) is 11.8. The zero-order valence-electron chi connectivity index (χ0n) is 13.3. The Kier molecular flexibility index (Phi) is 8.30. The Morgan fingerprint density at radius 1 is 0.593 bits per heavy atom. The minimum Gasteiger partial charge on any atom is -0.396 e. The van der Waals surface area contributed by atoms with E-state index >= 15 is 0 Å². The molecule has 0 bridgehead atoms. The van der Waals surface area contributed by atoms with Gasteiger partial charge in [0.15, 0.2) is 0 Å². The van der Waals surface area contributed by atoms with Crippen molar-refractivity contribution in [2.75, 3.05) is 6.61 Å². The first-order valence-corrected chi connectivity index (χ1v) is 7.34. The zero-order valence-corrected chi connectivity index (χ0v) is 13.3. The van der Waals surface area contributed by atoms with Crippen molar-refractivity contribution in [1.82, 2.24) is 0 Å². The molecule has 0 aliphatic rings. The van der Waals surface area contributed by atoms with E-state index in [0.29, 0.717) is 0 Å². The number of halogens is 13. The van der Waals surface area contributed by atoms with Crippen LogP contribution in [0.2, 0.25) is 0 Å². The van der Waals surface area contributed by atoms with Gasteiger partial charge in [0, 0.05) is 13.0 Å². The van der Waals surface area contributed by atoms with Gasteiger partial charge in [-0.3, -0.25) is 0 Å². The normalized spacial score (nSPS) is 17.1. The van der Waals surface area contributed by atoms with Crippen LogP contribution < -0.4 is 0 Å². The molecule has 0 spiro atoms. The van der Waals surface area contributed by atoms with Gasteiger partial charge >= 0.3 is 24.7 Å². The largest absolute Gasteiger partial charge is 0.431 e. The predicted molar refractivity (Wildman–Crippen MR) is 65.2 cm³/mol. The highest BCUT2D eigenvalue weighted by Crippen LogP contribution is 2.53. The van der Waals surface area contributed by atoms with E-state index in [4.69, 9.17) is 5.11 Å². The molecule has 1 N–H and O–H groups in total. The lowest BCUT2D eigenvalue weighted by atomic mass is 9.82. The summed E-state index contributed by atoms with van der Waals surface area (Å²) in [6.07, 6.45) is -32.2. The Balaban J connectivity index is 5.79. The maximum atomic E-state index is 13.6. The number of unbranched alkanes of at least 4 members (excludes halogenated alkanes) is 1. The van der Waals surface area contributed by atoms with Gasteiger partial charge < -0.3 is 5.11 Å². The second-order valence-electron chi connectivity index (χ2n) is 5.93. The summed E-state index contributed by atoms with van der Waals surface area (Å²) < 4.78 is 165. The van der Waals surface area contributed by atoms with Crippen LogP contribution in [0.3, 0.4) is 0 Å². The van der Waals surface area contributed by atoms with E-state index in [-0.39, 0.29) is 6.42 Å². The third-order valence-corrected chi connectivity index (χ3v) is 3.88. The summed E-state index contributed by atoms with van der Waals surface area (Å²) in [5.74, 6) is -6.76. The molecule has 1 nitrogen and oxygen atoms in total. The SMILES string of the molecule is OCCCCC(CC(CC(F)(C(F)(F)F)C(F)(F)F)C(F)(F)F)C(F)(F)F. The van der Waals surface area contributed by atoms with Gasteiger partial charge in [0.05, 0.1) is 11.8 Å². The van der Waals surface area contributed by atoms with Crippen molar-refractivity contribution in [3.8, 4) is 0 Å². The number of alkyl halides is 13. The molecule has 0 aromatic heterocycles. The Labute approximate surface area is 144 Å². The summed E-state index contributed by atoms with van der Waals surface area (Å²) in [4.78, 5) is 0. The van der Waals surface area contributed by atoms with Gasteiger partial charge in [0.1, 0.15) is 0 Å². The van der Waals surface area contributed by atoms with Crippen molar-refractivity contribution in [3.63, 3.8) is 0 Å². The van der Waals surface area contributed by atoms with Crippen LogP contribution in [0, 0.1) is 11.8 Å². The third kappa shape index (κ3) is 7.18. The number of hydrogen-bond donors (Lipinski definition) is 1. The van der Waals surface area contributed by atoms with E-state index in [1.54, 1.807) is 0 Å². The van der Waals surface area contributed by atoms with E-state index in [2.05, 4.69) is 0 Å². The fraction of sp³-hybridized carbons (Fsp3) is 1.00. The summed E-state index contributed by atoms with van der Waals surface area (Å²) >= 11 is 0. The minimum absolute atomic E-state index is 0.276. The first kappa shape index (κ1) is 26.1. The zero-order chi connectivity index (χ0) is 21.9. The van der Waals surface area contributed by atoms with Gasteiger partial charge in [-0.1, -0.05) is 6.42 Å². The molecular formula is C13H15F13O. The average Bonchev–Trinajstić information content (AvgIpc) is 2.40. The van der Waals surface area contributed by atoms with Crippen molar-refractivity contribution in [2.45, 2.75) is 62.5 Å². The standard InChI is InChI=1S/C13H15F13O/c14-9(12(21,22)23,13(24,25)26)6-8(11(18,19)20)5-7(10(15,16)17)3-1-2-4-27/h7-8,27H,1-6H2. The number of hydrogen-bond acceptors (Lipinski definition) is 1. The number of aliphatic hydroxyl groups is 1. The van der Waals surface area contributed by atoms with Gasteiger partial charge in [-0.2, -0.15) is 52.7 Å². The summed E-state index contributed by atoms with van der Waals surface area (Å²) in [5, 5.41) is 8.46. The molecule has 0 radical (unpaired) electrons. The van der Waals surface area contributed by atoms with Crippen LogP contribution in [0.4, 0.5) is 57.1 Å². The highest BCUT2D eigenvalue weighted by molar-refractivity contribution is 4.97. The van der Waals surface area contributed by atoms with E-state index < -0.39 is 74.5 Å². The summed E-state index contributed by atoms with van der Waals surface area (Å²) in [6, 6.07) is 0. The fourth-order valence-electron chi connectivity index (χ4n) is 2.33. The molecular weight excluding hydrogens is 419 g/mol. The summed E-state index contributed by atoms with van der Waals surface area (Å²) in [6.45, 7) is -0.622. The molecule has 0 aromatic carbocycles. The van der Waals surface area contributed by atoms with E-state index in [1.807, 2.05) is 0 Å². The molecule has 0 saturated heterocycles. The lowest BCUT2D eigenvalue weighted by Crippen LogP contribution is -2.55. The van der Waals surface area contributed by atoms with Gasteiger partial charge in [-0.05, 0) is 19.3 Å². The van der Waals surface area contributed by atoms with Crippen LogP contribution in [0.25, 0.3) is 0 Å². The second-order valence-corrected chi connectivity index (χ2v) is 5.93. The highest BCUT2D eigenvalue weighted by Gasteiger charge is 2.74. The topological polar surface area (TPSA) is 20.2 Å². The maximum Gasteiger partial charge on any atom is 0.431 e. The monoisotopic (exact) mass is 434 g/mol. The Bertz CT molecular complexity index is 431. The molecule has 14 heteroatoms. The van der Waals surface area contributed by atoms with Gasteiger partial charge in [0.25, 0.3) is 5.67 Å². The fourth-order valence-corrected chi connectivity index (χ4v) is 2.33. The Morgan fingerprint density at radius 2 is 1.00 bits per heavy atom. The van der Waals surface area contributed by atoms with Crippen molar-refractivity contribution in [1.29, 1.82) is 0 Å². The Morgan fingerprint density at radius 3 is 1.30 bits per heavy atom. The molecule has 27 heavy (non-hydrogen) atoms. The van der Waals surface area contributed by atoms with Crippen LogP contribution >= 0.6 is 0 Å². The van der Waals surface area contributed by atoms with Crippen LogP contribution in [-0.4, -0.2) is 42.1 Å². The molecule has 0 heterocycles. The molecule has 0 saturated carbocycles. The highest BCUT2D eigenvalue weighted by atomic mass is 19.4. The predicted octanol–water partition coefficient (Wildman–Crippen LogP) is 6.12. The minimum atomic E-state index is -6.81. The van der Waals surface area contributed by atoms with Gasteiger partial charge in [-0.15, -0.1) is 0 Å². The van der Waals surface area contributed by atoms with Crippen molar-refractivity contribution < 1.29 is 62.2 Å². The molecule has 0 aliphatic heterocycles. The van der Waals surface area contributed by atoms with E-state index in [1.165, 1.54) is 0 Å². The van der Waals surface area contributed by atoms with Gasteiger partial charge in [-0.25, -0.2) is 4.39 Å². The molecule has 0 amide bonds. The molecule has 0 rings (SSSR count). The van der Waals surface area contributed by atoms with E-state index in [9.17, 15) is 57.1 Å². The van der Waals surface area contributed by atoms with Crippen molar-refractivity contribution in [3.05, 3.63) is 0 Å². The lowest BCUT2D eigenvalue weighted by Gasteiger charge is -2.35. The summed E-state index contributed by atoms with van der Waals surface area (Å²) in [7, 11) is 0. The molecule has 0 aliphatic carbocycles. The second kappa shape index (κ2) is 8.60. The Hall–Kier alpha value is -0.950. The smallest absolute Gasteiger partial charge is 0.396 e. The molecule has 0 fully saturated rings. The third-order valence-electron chi connectivity index (χ3n) is 3.88. The average molecular weight is 434 g/mol. The van der Waals surface area contributed by atoms with Crippen LogP contribution in [0.1, 0.15) is 32.1 Å². The van der Waals surface area contributed by atoms with Crippen molar-refractivity contribution in [2.24, 2.45) is 11.8 Å². The van der Waals surface area contributed by atoms with Crippen molar-refractivity contribution >= 4 is 0 Å². The van der Waals surface area contributed by atoms with Crippen LogP contribution in [0.5, 0.6) is 0 Å². The molecule has 2 unspecified atom stereocenters.